The van der Waals surface area contributed by atoms with Gasteiger partial charge in [0.2, 0.25) is 15.9 Å². The number of anilines is 1. The monoisotopic (exact) mass is 285 g/mol. The number of nitriles is 1. The van der Waals surface area contributed by atoms with Gasteiger partial charge >= 0.3 is 0 Å². The fourth-order valence-electron chi connectivity index (χ4n) is 1.21. The Morgan fingerprint density at radius 2 is 2.16 bits per heavy atom. The van der Waals surface area contributed by atoms with Crippen LogP contribution in [-0.4, -0.2) is 38.5 Å². The Morgan fingerprint density at radius 1 is 1.53 bits per heavy atom. The molecule has 6 nitrogen and oxygen atoms in total. The SMILES string of the molecule is CN(CC(=O)Nc1ccc(F)c(C#N)c1)S(C)(=O)=O. The van der Waals surface area contributed by atoms with E-state index in [-0.39, 0.29) is 17.8 Å². The third-order valence-corrected chi connectivity index (χ3v) is 3.56. The number of rotatable bonds is 4. The van der Waals surface area contributed by atoms with Gasteiger partial charge in [0.1, 0.15) is 11.9 Å². The lowest BCUT2D eigenvalue weighted by Crippen LogP contribution is -2.34. The second kappa shape index (κ2) is 5.77. The number of carbonyl (C=O) groups excluding carboxylic acids is 1. The summed E-state index contributed by atoms with van der Waals surface area (Å²) in [6.07, 6.45) is 0.978. The van der Waals surface area contributed by atoms with Crippen LogP contribution in [-0.2, 0) is 14.8 Å². The van der Waals surface area contributed by atoms with Crippen molar-refractivity contribution in [3.8, 4) is 6.07 Å². The third kappa shape index (κ3) is 4.31. The fraction of sp³-hybridized carbons (Fsp3) is 0.273. The van der Waals surface area contributed by atoms with Crippen molar-refractivity contribution in [2.75, 3.05) is 25.2 Å². The highest BCUT2D eigenvalue weighted by molar-refractivity contribution is 7.88. The Labute approximate surface area is 110 Å². The summed E-state index contributed by atoms with van der Waals surface area (Å²) in [5.41, 5.74) is 0.0270. The smallest absolute Gasteiger partial charge is 0.239 e. The molecule has 0 saturated heterocycles. The van der Waals surface area contributed by atoms with Gasteiger partial charge in [0.15, 0.2) is 0 Å². The van der Waals surface area contributed by atoms with Crippen LogP contribution in [0.4, 0.5) is 10.1 Å². The second-order valence-electron chi connectivity index (χ2n) is 3.87. The number of nitrogens with zero attached hydrogens (tertiary/aromatic N) is 2. The number of amides is 1. The number of sulfonamides is 1. The second-order valence-corrected chi connectivity index (χ2v) is 5.96. The summed E-state index contributed by atoms with van der Waals surface area (Å²) in [6, 6.07) is 5.15. The van der Waals surface area contributed by atoms with Crippen LogP contribution in [0.3, 0.4) is 0 Å². The van der Waals surface area contributed by atoms with Gasteiger partial charge in [-0.05, 0) is 18.2 Å². The van der Waals surface area contributed by atoms with Crippen LogP contribution in [0.1, 0.15) is 5.56 Å². The number of benzene rings is 1. The molecule has 0 radical (unpaired) electrons. The first-order valence-corrected chi connectivity index (χ1v) is 6.99. The lowest BCUT2D eigenvalue weighted by atomic mass is 10.2. The molecule has 0 aliphatic heterocycles. The van der Waals surface area contributed by atoms with Gasteiger partial charge in [0.05, 0.1) is 18.4 Å². The highest BCUT2D eigenvalue weighted by Gasteiger charge is 2.15. The van der Waals surface area contributed by atoms with Gasteiger partial charge in [-0.3, -0.25) is 4.79 Å². The lowest BCUT2D eigenvalue weighted by molar-refractivity contribution is -0.116. The maximum absolute atomic E-state index is 13.1. The van der Waals surface area contributed by atoms with Crippen molar-refractivity contribution in [3.63, 3.8) is 0 Å². The molecule has 19 heavy (non-hydrogen) atoms. The van der Waals surface area contributed by atoms with Crippen molar-refractivity contribution in [2.24, 2.45) is 0 Å². The summed E-state index contributed by atoms with van der Waals surface area (Å²) < 4.78 is 36.2. The van der Waals surface area contributed by atoms with E-state index >= 15 is 0 Å². The predicted octanol–water partition coefficient (Wildman–Crippen LogP) is 0.527. The summed E-state index contributed by atoms with van der Waals surface area (Å²) in [4.78, 5) is 11.6. The highest BCUT2D eigenvalue weighted by Crippen LogP contribution is 2.13. The summed E-state index contributed by atoms with van der Waals surface area (Å²) in [5.74, 6) is -1.27. The molecule has 0 aromatic heterocycles. The number of hydrogen-bond acceptors (Lipinski definition) is 4. The van der Waals surface area contributed by atoms with Crippen LogP contribution in [0.15, 0.2) is 18.2 Å². The normalized spacial score (nSPS) is 11.1. The summed E-state index contributed by atoms with van der Waals surface area (Å²) in [7, 11) is -2.19. The highest BCUT2D eigenvalue weighted by atomic mass is 32.2. The van der Waals surface area contributed by atoms with E-state index in [0.29, 0.717) is 0 Å². The van der Waals surface area contributed by atoms with Crippen LogP contribution in [0.5, 0.6) is 0 Å². The van der Waals surface area contributed by atoms with Gasteiger partial charge in [-0.1, -0.05) is 0 Å². The zero-order valence-electron chi connectivity index (χ0n) is 10.3. The Hall–Kier alpha value is -1.98. The van der Waals surface area contributed by atoms with Crippen molar-refractivity contribution in [3.05, 3.63) is 29.6 Å². The van der Waals surface area contributed by atoms with Crippen molar-refractivity contribution in [1.82, 2.24) is 4.31 Å². The number of halogens is 1. The Morgan fingerprint density at radius 3 is 2.68 bits per heavy atom. The van der Waals surface area contributed by atoms with Gasteiger partial charge < -0.3 is 5.32 Å². The maximum Gasteiger partial charge on any atom is 0.239 e. The first-order valence-electron chi connectivity index (χ1n) is 5.15. The topological polar surface area (TPSA) is 90.3 Å². The van der Waals surface area contributed by atoms with Gasteiger partial charge in [0, 0.05) is 12.7 Å². The average molecular weight is 285 g/mol. The molecule has 0 heterocycles. The van der Waals surface area contributed by atoms with Gasteiger partial charge in [-0.25, -0.2) is 12.8 Å². The zero-order chi connectivity index (χ0) is 14.6. The third-order valence-electron chi connectivity index (χ3n) is 2.30. The molecule has 1 aromatic carbocycles. The van der Waals surface area contributed by atoms with E-state index in [0.717, 1.165) is 16.6 Å². The van der Waals surface area contributed by atoms with E-state index in [1.807, 2.05) is 0 Å². The zero-order valence-corrected chi connectivity index (χ0v) is 11.2. The molecule has 1 N–H and O–H groups in total. The van der Waals surface area contributed by atoms with E-state index < -0.39 is 21.7 Å². The number of likely N-dealkylation sites (N-methyl/N-ethyl adjacent to an activating group) is 1. The van der Waals surface area contributed by atoms with E-state index in [4.69, 9.17) is 5.26 Å². The molecule has 102 valence electrons. The van der Waals surface area contributed by atoms with Crippen molar-refractivity contribution in [1.29, 1.82) is 5.26 Å². The first kappa shape index (κ1) is 15.1. The molecule has 0 aliphatic carbocycles. The molecule has 0 unspecified atom stereocenters. The molecule has 0 atom stereocenters. The molecular weight excluding hydrogens is 273 g/mol. The molecule has 1 aromatic rings. The molecule has 0 spiro atoms. The summed E-state index contributed by atoms with van der Waals surface area (Å²) in [6.45, 7) is -0.363. The molecule has 0 bridgehead atoms. The van der Waals surface area contributed by atoms with Gasteiger partial charge in [-0.2, -0.15) is 9.57 Å². The average Bonchev–Trinajstić information content (AvgIpc) is 2.30. The van der Waals surface area contributed by atoms with Crippen molar-refractivity contribution < 1.29 is 17.6 Å². The van der Waals surface area contributed by atoms with Gasteiger partial charge in [0.25, 0.3) is 0 Å². The number of carbonyl (C=O) groups is 1. The van der Waals surface area contributed by atoms with Crippen LogP contribution < -0.4 is 5.32 Å². The van der Waals surface area contributed by atoms with E-state index in [1.165, 1.54) is 19.2 Å². The van der Waals surface area contributed by atoms with E-state index in [1.54, 1.807) is 6.07 Å². The molecular formula is C11H12FN3O3S. The van der Waals surface area contributed by atoms with Crippen molar-refractivity contribution >= 4 is 21.6 Å². The Balaban J connectivity index is 2.76. The Kier molecular flexibility index (Phi) is 4.58. The maximum atomic E-state index is 13.1. The fourth-order valence-corrected chi connectivity index (χ4v) is 1.56. The standard InChI is InChI=1S/C11H12FN3O3S/c1-15(19(2,17)18)7-11(16)14-9-3-4-10(12)8(5-9)6-13/h3-5H,7H2,1-2H3,(H,14,16). The van der Waals surface area contributed by atoms with Gasteiger partial charge in [-0.15, -0.1) is 0 Å². The molecule has 0 aliphatic rings. The molecule has 0 saturated carbocycles. The molecule has 8 heteroatoms. The lowest BCUT2D eigenvalue weighted by Gasteiger charge is -2.13. The quantitative estimate of drug-likeness (QED) is 0.873. The number of hydrogen-bond donors (Lipinski definition) is 1. The summed E-state index contributed by atoms with van der Waals surface area (Å²) >= 11 is 0. The number of nitrogens with one attached hydrogen (secondary N) is 1. The van der Waals surface area contributed by atoms with Crippen LogP contribution in [0.25, 0.3) is 0 Å². The largest absolute Gasteiger partial charge is 0.325 e. The van der Waals surface area contributed by atoms with E-state index in [2.05, 4.69) is 5.32 Å². The minimum absolute atomic E-state index is 0.200. The Bertz CT molecular complexity index is 637. The molecule has 1 amide bonds. The molecule has 0 fully saturated rings. The summed E-state index contributed by atoms with van der Waals surface area (Å²) in [5, 5.41) is 11.0. The predicted molar refractivity (Wildman–Crippen MR) is 67.2 cm³/mol. The van der Waals surface area contributed by atoms with Crippen molar-refractivity contribution in [2.45, 2.75) is 0 Å². The van der Waals surface area contributed by atoms with Crippen LogP contribution in [0, 0.1) is 17.1 Å². The molecule has 1 rings (SSSR count). The van der Waals surface area contributed by atoms with Crippen LogP contribution in [0.2, 0.25) is 0 Å². The minimum atomic E-state index is -3.45. The van der Waals surface area contributed by atoms with Crippen LogP contribution >= 0.6 is 0 Å². The van der Waals surface area contributed by atoms with E-state index in [9.17, 15) is 17.6 Å². The first-order chi connectivity index (χ1) is 8.74. The minimum Gasteiger partial charge on any atom is -0.325 e.